The zero-order chi connectivity index (χ0) is 20.9. The van der Waals surface area contributed by atoms with Gasteiger partial charge in [0.25, 0.3) is 0 Å². The Bertz CT molecular complexity index is 716. The highest BCUT2D eigenvalue weighted by molar-refractivity contribution is 6.74. The van der Waals surface area contributed by atoms with Crippen LogP contribution in [0.2, 0.25) is 18.1 Å². The van der Waals surface area contributed by atoms with E-state index in [1.807, 2.05) is 18.2 Å². The quantitative estimate of drug-likeness (QED) is 0.547. The van der Waals surface area contributed by atoms with Gasteiger partial charge in [0.2, 0.25) is 0 Å². The highest BCUT2D eigenvalue weighted by Crippen LogP contribution is 2.38. The predicted molar refractivity (Wildman–Crippen MR) is 117 cm³/mol. The number of carboxylic acid groups (broad SMARTS) is 1. The van der Waals surface area contributed by atoms with Crippen LogP contribution in [-0.2, 0) is 15.6 Å². The van der Waals surface area contributed by atoms with Crippen LogP contribution in [0.15, 0.2) is 24.3 Å². The highest BCUT2D eigenvalue weighted by Gasteiger charge is 2.37. The Kier molecular flexibility index (Phi) is 7.51. The van der Waals surface area contributed by atoms with Crippen molar-refractivity contribution in [1.29, 1.82) is 0 Å². The largest absolute Gasteiger partial charge is 0.497 e. The van der Waals surface area contributed by atoms with Crippen molar-refractivity contribution in [3.63, 3.8) is 0 Å². The van der Waals surface area contributed by atoms with Crippen LogP contribution in [0, 0.1) is 5.92 Å². The van der Waals surface area contributed by atoms with Crippen molar-refractivity contribution in [1.82, 2.24) is 0 Å². The normalized spacial score (nSPS) is 17.9. The molecule has 1 atom stereocenters. The van der Waals surface area contributed by atoms with Crippen molar-refractivity contribution in [3.8, 4) is 5.75 Å². The molecule has 0 radical (unpaired) electrons. The van der Waals surface area contributed by atoms with E-state index in [2.05, 4.69) is 39.9 Å². The second kappa shape index (κ2) is 9.27. The van der Waals surface area contributed by atoms with E-state index in [0.717, 1.165) is 43.4 Å². The van der Waals surface area contributed by atoms with Crippen LogP contribution in [-0.4, -0.2) is 33.1 Å². The summed E-state index contributed by atoms with van der Waals surface area (Å²) in [4.78, 5) is 11.3. The number of methoxy groups -OCH3 is 1. The Hall–Kier alpha value is -1.59. The van der Waals surface area contributed by atoms with Crippen LogP contribution >= 0.6 is 0 Å². The minimum absolute atomic E-state index is 0.0215. The van der Waals surface area contributed by atoms with Gasteiger partial charge in [-0.25, -0.2) is 0 Å². The molecule has 0 saturated carbocycles. The van der Waals surface area contributed by atoms with Crippen LogP contribution in [0.4, 0.5) is 0 Å². The summed E-state index contributed by atoms with van der Waals surface area (Å²) < 4.78 is 11.6. The summed E-state index contributed by atoms with van der Waals surface area (Å²) in [6.45, 7) is 12.3. The minimum atomic E-state index is -1.67. The van der Waals surface area contributed by atoms with Crippen LogP contribution in [0.25, 0.3) is 5.57 Å². The summed E-state index contributed by atoms with van der Waals surface area (Å²) in [5.41, 5.74) is 3.15. The average molecular weight is 405 g/mol. The van der Waals surface area contributed by atoms with E-state index in [1.165, 1.54) is 5.57 Å². The summed E-state index contributed by atoms with van der Waals surface area (Å²) in [6, 6.07) is 5.77. The zero-order valence-corrected chi connectivity index (χ0v) is 19.3. The van der Waals surface area contributed by atoms with Crippen molar-refractivity contribution in [3.05, 3.63) is 35.4 Å². The maximum atomic E-state index is 11.3. The Morgan fingerprint density at radius 1 is 1.29 bits per heavy atom. The Labute approximate surface area is 171 Å². The molecule has 1 aromatic carbocycles. The van der Waals surface area contributed by atoms with Gasteiger partial charge in [-0.05, 0) is 78.6 Å². The molecule has 28 heavy (non-hydrogen) atoms. The number of hydrogen-bond acceptors (Lipinski definition) is 3. The topological polar surface area (TPSA) is 55.8 Å². The summed E-state index contributed by atoms with van der Waals surface area (Å²) >= 11 is 0. The molecular weight excluding hydrogens is 368 g/mol. The first-order chi connectivity index (χ1) is 13.0. The molecule has 0 heterocycles. The highest BCUT2D eigenvalue weighted by atomic mass is 28.4. The number of carbonyl (C=O) groups is 1. The first kappa shape index (κ1) is 22.7. The third kappa shape index (κ3) is 5.95. The Morgan fingerprint density at radius 3 is 2.54 bits per heavy atom. The summed E-state index contributed by atoms with van der Waals surface area (Å²) in [7, 11) is -0.0637. The molecule has 1 aliphatic rings. The molecule has 156 valence electrons. The number of carboxylic acids is 1. The number of ether oxygens (including phenoxy) is 1. The zero-order valence-electron chi connectivity index (χ0n) is 18.3. The van der Waals surface area contributed by atoms with Crippen molar-refractivity contribution in [2.24, 2.45) is 5.92 Å². The van der Waals surface area contributed by atoms with Crippen molar-refractivity contribution in [2.45, 2.75) is 71.0 Å². The molecule has 0 amide bonds. The number of benzene rings is 1. The number of hydrogen-bond donors (Lipinski definition) is 1. The fourth-order valence-electron chi connectivity index (χ4n) is 3.41. The Balaban J connectivity index is 1.99. The van der Waals surface area contributed by atoms with Gasteiger partial charge < -0.3 is 14.3 Å². The van der Waals surface area contributed by atoms with Crippen molar-refractivity contribution in [2.75, 3.05) is 13.7 Å². The van der Waals surface area contributed by atoms with E-state index in [9.17, 15) is 9.90 Å². The number of rotatable bonds is 8. The van der Waals surface area contributed by atoms with Gasteiger partial charge in [-0.2, -0.15) is 0 Å². The van der Waals surface area contributed by atoms with Gasteiger partial charge >= 0.3 is 5.97 Å². The SMILES string of the molecule is COc1ccc(C2=CCC(CCO[Si](C)(C)C(C)(C)C)CC2)c(CC(=O)O)c1. The van der Waals surface area contributed by atoms with Crippen LogP contribution in [0.3, 0.4) is 0 Å². The van der Waals surface area contributed by atoms with Gasteiger partial charge in [0.1, 0.15) is 5.75 Å². The maximum absolute atomic E-state index is 11.3. The molecule has 2 rings (SSSR count). The van der Waals surface area contributed by atoms with Gasteiger partial charge in [0, 0.05) is 6.61 Å². The standard InChI is InChI=1S/C23H36O4Si/c1-23(2,3)28(5,6)27-14-13-17-7-9-18(10-8-17)21-12-11-20(26-4)15-19(21)16-22(24)25/h9,11-12,15,17H,7-8,10,13-14,16H2,1-6H3,(H,24,25). The minimum Gasteiger partial charge on any atom is -0.497 e. The molecule has 0 aliphatic heterocycles. The van der Waals surface area contributed by atoms with E-state index in [0.29, 0.717) is 11.7 Å². The van der Waals surface area contributed by atoms with E-state index in [1.54, 1.807) is 7.11 Å². The van der Waals surface area contributed by atoms with Crippen LogP contribution in [0.5, 0.6) is 5.75 Å². The third-order valence-electron chi connectivity index (χ3n) is 6.31. The maximum Gasteiger partial charge on any atom is 0.307 e. The van der Waals surface area contributed by atoms with Gasteiger partial charge in [0.15, 0.2) is 8.32 Å². The molecule has 1 aliphatic carbocycles. The number of aliphatic carboxylic acids is 1. The molecule has 1 unspecified atom stereocenters. The predicted octanol–water partition coefficient (Wildman–Crippen LogP) is 5.92. The lowest BCUT2D eigenvalue weighted by molar-refractivity contribution is -0.136. The first-order valence-electron chi connectivity index (χ1n) is 10.3. The van der Waals surface area contributed by atoms with E-state index < -0.39 is 14.3 Å². The number of allylic oxidation sites excluding steroid dienone is 2. The molecule has 0 fully saturated rings. The Morgan fingerprint density at radius 2 is 2.00 bits per heavy atom. The molecule has 0 spiro atoms. The molecule has 0 bridgehead atoms. The lowest BCUT2D eigenvalue weighted by atomic mass is 9.83. The fourth-order valence-corrected chi connectivity index (χ4v) is 4.47. The molecule has 0 saturated heterocycles. The average Bonchev–Trinajstić information content (AvgIpc) is 2.61. The van der Waals surface area contributed by atoms with E-state index in [-0.39, 0.29) is 11.5 Å². The van der Waals surface area contributed by atoms with Crippen LogP contribution in [0.1, 0.15) is 57.6 Å². The smallest absolute Gasteiger partial charge is 0.307 e. The van der Waals surface area contributed by atoms with Gasteiger partial charge in [0.05, 0.1) is 13.5 Å². The second-order valence-electron chi connectivity index (χ2n) is 9.36. The van der Waals surface area contributed by atoms with Gasteiger partial charge in [-0.3, -0.25) is 4.79 Å². The second-order valence-corrected chi connectivity index (χ2v) is 14.2. The summed E-state index contributed by atoms with van der Waals surface area (Å²) in [5, 5.41) is 9.50. The van der Waals surface area contributed by atoms with Crippen LogP contribution < -0.4 is 4.74 Å². The molecule has 4 nitrogen and oxygen atoms in total. The van der Waals surface area contributed by atoms with Crippen molar-refractivity contribution >= 4 is 19.9 Å². The van der Waals surface area contributed by atoms with Crippen molar-refractivity contribution < 1.29 is 19.1 Å². The first-order valence-corrected chi connectivity index (χ1v) is 13.2. The fraction of sp³-hybridized carbons (Fsp3) is 0.609. The molecule has 1 N–H and O–H groups in total. The lowest BCUT2D eigenvalue weighted by Gasteiger charge is -2.36. The molecule has 1 aromatic rings. The van der Waals surface area contributed by atoms with Gasteiger partial charge in [-0.1, -0.05) is 32.9 Å². The van der Waals surface area contributed by atoms with E-state index >= 15 is 0 Å². The third-order valence-corrected chi connectivity index (χ3v) is 10.9. The molecular formula is C23H36O4Si. The lowest BCUT2D eigenvalue weighted by Crippen LogP contribution is -2.41. The molecule has 0 aromatic heterocycles. The summed E-state index contributed by atoms with van der Waals surface area (Å²) in [5.74, 6) is 0.540. The van der Waals surface area contributed by atoms with Gasteiger partial charge in [-0.15, -0.1) is 0 Å². The summed E-state index contributed by atoms with van der Waals surface area (Å²) in [6.07, 6.45) is 6.58. The molecule has 5 heteroatoms. The van der Waals surface area contributed by atoms with E-state index in [4.69, 9.17) is 9.16 Å². The monoisotopic (exact) mass is 404 g/mol.